The molecule has 2 nitrogen and oxygen atoms in total. The summed E-state index contributed by atoms with van der Waals surface area (Å²) in [6, 6.07) is 4.53. The van der Waals surface area contributed by atoms with Crippen LogP contribution in [-0.2, 0) is 0 Å². The lowest BCUT2D eigenvalue weighted by Gasteiger charge is -2.27. The van der Waals surface area contributed by atoms with Crippen LogP contribution in [0.25, 0.3) is 0 Å². The maximum absolute atomic E-state index is 13.1. The Kier molecular flexibility index (Phi) is 4.07. The summed E-state index contributed by atoms with van der Waals surface area (Å²) in [5.41, 5.74) is 0.787. The standard InChI is InChI=1S/C13H18F2N2/c1-9(17-11-3-2-6-16-8-11)10-4-5-12(14)13(15)7-10/h4-5,7,9,11,16-17H,2-3,6,8H2,1H3. The van der Waals surface area contributed by atoms with Crippen molar-refractivity contribution in [1.82, 2.24) is 10.6 Å². The molecular weight excluding hydrogens is 222 g/mol. The van der Waals surface area contributed by atoms with E-state index in [-0.39, 0.29) is 6.04 Å². The van der Waals surface area contributed by atoms with Crippen LogP contribution in [0, 0.1) is 11.6 Å². The zero-order valence-corrected chi connectivity index (χ0v) is 9.97. The molecule has 2 N–H and O–H groups in total. The molecule has 0 radical (unpaired) electrons. The number of nitrogens with one attached hydrogen (secondary N) is 2. The molecule has 94 valence electrons. The topological polar surface area (TPSA) is 24.1 Å². The van der Waals surface area contributed by atoms with Crippen molar-refractivity contribution in [2.45, 2.75) is 31.8 Å². The van der Waals surface area contributed by atoms with E-state index in [0.717, 1.165) is 31.5 Å². The zero-order valence-electron chi connectivity index (χ0n) is 9.97. The summed E-state index contributed by atoms with van der Waals surface area (Å²) in [5.74, 6) is -1.57. The molecule has 0 saturated carbocycles. The molecule has 0 aromatic heterocycles. The van der Waals surface area contributed by atoms with Crippen molar-refractivity contribution in [3.05, 3.63) is 35.4 Å². The molecule has 2 atom stereocenters. The van der Waals surface area contributed by atoms with E-state index < -0.39 is 11.6 Å². The van der Waals surface area contributed by atoms with E-state index in [1.807, 2.05) is 6.92 Å². The van der Waals surface area contributed by atoms with Crippen LogP contribution < -0.4 is 10.6 Å². The van der Waals surface area contributed by atoms with Crippen molar-refractivity contribution in [1.29, 1.82) is 0 Å². The number of benzene rings is 1. The van der Waals surface area contributed by atoms with Crippen LogP contribution in [0.5, 0.6) is 0 Å². The summed E-state index contributed by atoms with van der Waals surface area (Å²) in [6.07, 6.45) is 2.28. The Labute approximate surface area is 100 Å². The van der Waals surface area contributed by atoms with Crippen LogP contribution in [-0.4, -0.2) is 19.1 Å². The molecule has 1 aliphatic rings. The molecule has 1 heterocycles. The maximum atomic E-state index is 13.1. The van der Waals surface area contributed by atoms with Crippen molar-refractivity contribution in [3.63, 3.8) is 0 Å². The molecule has 4 heteroatoms. The maximum Gasteiger partial charge on any atom is 0.159 e. The summed E-state index contributed by atoms with van der Waals surface area (Å²) in [7, 11) is 0. The molecule has 1 fully saturated rings. The fourth-order valence-electron chi connectivity index (χ4n) is 2.23. The molecule has 0 spiro atoms. The Morgan fingerprint density at radius 3 is 2.82 bits per heavy atom. The Hall–Kier alpha value is -1.00. The van der Waals surface area contributed by atoms with Gasteiger partial charge in [0.05, 0.1) is 0 Å². The first kappa shape index (κ1) is 12.5. The van der Waals surface area contributed by atoms with Crippen LogP contribution in [0.3, 0.4) is 0 Å². The van der Waals surface area contributed by atoms with Crippen LogP contribution in [0.4, 0.5) is 8.78 Å². The Morgan fingerprint density at radius 2 is 2.18 bits per heavy atom. The van der Waals surface area contributed by atoms with Crippen molar-refractivity contribution in [3.8, 4) is 0 Å². The molecule has 0 amide bonds. The average Bonchev–Trinajstić information content (AvgIpc) is 2.34. The van der Waals surface area contributed by atoms with Crippen LogP contribution in [0.1, 0.15) is 31.4 Å². The number of rotatable bonds is 3. The zero-order chi connectivity index (χ0) is 12.3. The van der Waals surface area contributed by atoms with Gasteiger partial charge in [0, 0.05) is 18.6 Å². The van der Waals surface area contributed by atoms with Gasteiger partial charge in [-0.15, -0.1) is 0 Å². The second-order valence-electron chi connectivity index (χ2n) is 4.61. The van der Waals surface area contributed by atoms with Gasteiger partial charge < -0.3 is 10.6 Å². The van der Waals surface area contributed by atoms with Gasteiger partial charge in [-0.1, -0.05) is 6.07 Å². The Bertz CT molecular complexity index is 376. The summed E-state index contributed by atoms with van der Waals surface area (Å²) < 4.78 is 25.9. The summed E-state index contributed by atoms with van der Waals surface area (Å²) in [5, 5.41) is 6.75. The number of halogens is 2. The van der Waals surface area contributed by atoms with E-state index in [4.69, 9.17) is 0 Å². The first-order valence-electron chi connectivity index (χ1n) is 6.08. The van der Waals surface area contributed by atoms with E-state index in [1.54, 1.807) is 6.07 Å². The van der Waals surface area contributed by atoms with Crippen LogP contribution >= 0.6 is 0 Å². The first-order chi connectivity index (χ1) is 8.16. The molecule has 17 heavy (non-hydrogen) atoms. The average molecular weight is 240 g/mol. The van der Waals surface area contributed by atoms with Crippen molar-refractivity contribution in [2.24, 2.45) is 0 Å². The third kappa shape index (κ3) is 3.23. The monoisotopic (exact) mass is 240 g/mol. The molecule has 0 bridgehead atoms. The number of hydrogen-bond acceptors (Lipinski definition) is 2. The smallest absolute Gasteiger partial charge is 0.159 e. The van der Waals surface area contributed by atoms with Gasteiger partial charge >= 0.3 is 0 Å². The molecule has 1 aromatic carbocycles. The SMILES string of the molecule is CC(NC1CCCNC1)c1ccc(F)c(F)c1. The van der Waals surface area contributed by atoms with E-state index in [0.29, 0.717) is 6.04 Å². The first-order valence-corrected chi connectivity index (χ1v) is 6.08. The highest BCUT2D eigenvalue weighted by atomic mass is 19.2. The second-order valence-corrected chi connectivity index (χ2v) is 4.61. The highest BCUT2D eigenvalue weighted by Crippen LogP contribution is 2.17. The Morgan fingerprint density at radius 1 is 1.35 bits per heavy atom. The fourth-order valence-corrected chi connectivity index (χ4v) is 2.23. The van der Waals surface area contributed by atoms with Gasteiger partial charge in [0.2, 0.25) is 0 Å². The van der Waals surface area contributed by atoms with Gasteiger partial charge in [0.25, 0.3) is 0 Å². The highest BCUT2D eigenvalue weighted by Gasteiger charge is 2.16. The van der Waals surface area contributed by atoms with Gasteiger partial charge in [-0.3, -0.25) is 0 Å². The largest absolute Gasteiger partial charge is 0.315 e. The van der Waals surface area contributed by atoms with Crippen LogP contribution in [0.2, 0.25) is 0 Å². The summed E-state index contributed by atoms with van der Waals surface area (Å²) in [6.45, 7) is 3.98. The summed E-state index contributed by atoms with van der Waals surface area (Å²) in [4.78, 5) is 0. The van der Waals surface area contributed by atoms with Crippen molar-refractivity contribution in [2.75, 3.05) is 13.1 Å². The number of hydrogen-bond donors (Lipinski definition) is 2. The Balaban J connectivity index is 1.98. The molecule has 2 rings (SSSR count). The van der Waals surface area contributed by atoms with Gasteiger partial charge in [0.1, 0.15) is 0 Å². The van der Waals surface area contributed by atoms with E-state index >= 15 is 0 Å². The third-order valence-corrected chi connectivity index (χ3v) is 3.23. The van der Waals surface area contributed by atoms with Crippen LogP contribution in [0.15, 0.2) is 18.2 Å². The molecule has 1 saturated heterocycles. The van der Waals surface area contributed by atoms with Crippen molar-refractivity contribution >= 4 is 0 Å². The third-order valence-electron chi connectivity index (χ3n) is 3.23. The quantitative estimate of drug-likeness (QED) is 0.847. The van der Waals surface area contributed by atoms with Crippen molar-refractivity contribution < 1.29 is 8.78 Å². The van der Waals surface area contributed by atoms with Gasteiger partial charge in [-0.25, -0.2) is 8.78 Å². The van der Waals surface area contributed by atoms with Gasteiger partial charge in [0.15, 0.2) is 11.6 Å². The molecule has 2 unspecified atom stereocenters. The minimum Gasteiger partial charge on any atom is -0.315 e. The number of piperidine rings is 1. The normalized spacial score (nSPS) is 22.4. The van der Waals surface area contributed by atoms with E-state index in [2.05, 4.69) is 10.6 Å². The molecular formula is C13H18F2N2. The highest BCUT2D eigenvalue weighted by molar-refractivity contribution is 5.20. The minimum absolute atomic E-state index is 0.0370. The molecule has 1 aromatic rings. The second kappa shape index (κ2) is 5.56. The van der Waals surface area contributed by atoms with E-state index in [1.165, 1.54) is 12.1 Å². The van der Waals surface area contributed by atoms with E-state index in [9.17, 15) is 8.78 Å². The lowest BCUT2D eigenvalue weighted by Crippen LogP contribution is -2.43. The summed E-state index contributed by atoms with van der Waals surface area (Å²) >= 11 is 0. The minimum atomic E-state index is -0.791. The fraction of sp³-hybridized carbons (Fsp3) is 0.538. The lowest BCUT2D eigenvalue weighted by atomic mass is 10.0. The molecule has 1 aliphatic heterocycles. The molecule has 0 aliphatic carbocycles. The predicted molar refractivity (Wildman–Crippen MR) is 63.8 cm³/mol. The lowest BCUT2D eigenvalue weighted by molar-refractivity contribution is 0.361. The predicted octanol–water partition coefficient (Wildman–Crippen LogP) is 2.37. The van der Waals surface area contributed by atoms with Gasteiger partial charge in [-0.2, -0.15) is 0 Å². The van der Waals surface area contributed by atoms with Gasteiger partial charge in [-0.05, 0) is 44.0 Å².